The van der Waals surface area contributed by atoms with Gasteiger partial charge >= 0.3 is 0 Å². The fourth-order valence-corrected chi connectivity index (χ4v) is 3.67. The predicted octanol–water partition coefficient (Wildman–Crippen LogP) is 6.22. The van der Waals surface area contributed by atoms with Crippen LogP contribution in [-0.4, -0.2) is 18.7 Å². The molecule has 0 aromatic heterocycles. The molecular formula is C28H23BrN2O3. The van der Waals surface area contributed by atoms with E-state index in [-0.39, 0.29) is 12.5 Å². The number of carbonyl (C=O) groups is 1. The highest BCUT2D eigenvalue weighted by molar-refractivity contribution is 9.10. The van der Waals surface area contributed by atoms with E-state index >= 15 is 0 Å². The summed E-state index contributed by atoms with van der Waals surface area (Å²) in [6.07, 6.45) is 1.57. The van der Waals surface area contributed by atoms with Crippen LogP contribution in [0, 0.1) is 0 Å². The first kappa shape index (κ1) is 23.3. The maximum absolute atomic E-state index is 12.1. The number of amides is 1. The lowest BCUT2D eigenvalue weighted by Gasteiger charge is -2.09. The Morgan fingerprint density at radius 2 is 1.53 bits per heavy atom. The number of hydrogen-bond donors (Lipinski definition) is 1. The second-order valence-electron chi connectivity index (χ2n) is 7.44. The number of nitrogens with one attached hydrogen (secondary N) is 1. The molecule has 5 nitrogen and oxygen atoms in total. The van der Waals surface area contributed by atoms with Gasteiger partial charge in [0.25, 0.3) is 5.91 Å². The van der Waals surface area contributed by atoms with E-state index in [4.69, 9.17) is 9.47 Å². The van der Waals surface area contributed by atoms with E-state index in [0.717, 1.165) is 32.5 Å². The minimum Gasteiger partial charge on any atom is -0.489 e. The minimum absolute atomic E-state index is 0.146. The van der Waals surface area contributed by atoms with Gasteiger partial charge in [-0.15, -0.1) is 0 Å². The van der Waals surface area contributed by atoms with E-state index in [1.807, 2.05) is 103 Å². The molecule has 1 N–H and O–H groups in total. The summed E-state index contributed by atoms with van der Waals surface area (Å²) in [5, 5.41) is 4.00. The van der Waals surface area contributed by atoms with Gasteiger partial charge in [0.05, 0.1) is 10.7 Å². The van der Waals surface area contributed by atoms with Crippen LogP contribution in [0.1, 0.15) is 11.1 Å². The number of nitrogens with zero attached hydrogens (tertiary/aromatic N) is 1. The molecule has 4 aromatic carbocycles. The van der Waals surface area contributed by atoms with E-state index in [1.165, 1.54) is 0 Å². The van der Waals surface area contributed by atoms with Crippen LogP contribution in [0.25, 0.3) is 11.1 Å². The first-order chi connectivity index (χ1) is 16.7. The van der Waals surface area contributed by atoms with E-state index in [0.29, 0.717) is 12.4 Å². The fraction of sp³-hybridized carbons (Fsp3) is 0.0714. The molecule has 0 aliphatic carbocycles. The molecule has 0 bridgehead atoms. The summed E-state index contributed by atoms with van der Waals surface area (Å²) in [5.74, 6) is 1.00. The van der Waals surface area contributed by atoms with Crippen molar-refractivity contribution in [3.63, 3.8) is 0 Å². The lowest BCUT2D eigenvalue weighted by atomic mass is 10.1. The molecule has 4 aromatic rings. The van der Waals surface area contributed by atoms with Crippen LogP contribution < -0.4 is 14.9 Å². The Hall–Kier alpha value is -3.90. The van der Waals surface area contributed by atoms with Crippen molar-refractivity contribution in [3.8, 4) is 22.6 Å². The molecular weight excluding hydrogens is 492 g/mol. The van der Waals surface area contributed by atoms with Crippen LogP contribution in [0.15, 0.2) is 113 Å². The Bertz CT molecular complexity index is 1240. The monoisotopic (exact) mass is 514 g/mol. The van der Waals surface area contributed by atoms with Crippen molar-refractivity contribution in [2.45, 2.75) is 6.61 Å². The van der Waals surface area contributed by atoms with Gasteiger partial charge in [0.1, 0.15) is 18.1 Å². The highest BCUT2D eigenvalue weighted by Crippen LogP contribution is 2.30. The second kappa shape index (κ2) is 11.8. The normalized spacial score (nSPS) is 10.7. The molecule has 0 saturated carbocycles. The Balaban J connectivity index is 1.22. The maximum Gasteiger partial charge on any atom is 0.277 e. The summed E-state index contributed by atoms with van der Waals surface area (Å²) in [5.41, 5.74) is 6.60. The quantitative estimate of drug-likeness (QED) is 0.213. The summed E-state index contributed by atoms with van der Waals surface area (Å²) in [6.45, 7) is 0.363. The lowest BCUT2D eigenvalue weighted by molar-refractivity contribution is -0.123. The number of hydrazone groups is 1. The molecule has 0 atom stereocenters. The molecule has 0 aliphatic heterocycles. The van der Waals surface area contributed by atoms with Crippen LogP contribution in [0.4, 0.5) is 0 Å². The van der Waals surface area contributed by atoms with Gasteiger partial charge in [0.2, 0.25) is 0 Å². The maximum atomic E-state index is 12.1. The van der Waals surface area contributed by atoms with Crippen LogP contribution in [0.3, 0.4) is 0 Å². The molecule has 0 aliphatic rings. The van der Waals surface area contributed by atoms with E-state index < -0.39 is 0 Å². The lowest BCUT2D eigenvalue weighted by Crippen LogP contribution is -2.24. The van der Waals surface area contributed by atoms with E-state index in [2.05, 4.69) is 26.5 Å². The third-order valence-electron chi connectivity index (χ3n) is 4.93. The highest BCUT2D eigenvalue weighted by atomic mass is 79.9. The Morgan fingerprint density at radius 3 is 2.24 bits per heavy atom. The second-order valence-corrected chi connectivity index (χ2v) is 8.29. The van der Waals surface area contributed by atoms with Crippen molar-refractivity contribution >= 4 is 28.1 Å². The standard InChI is InChI=1S/C28H23BrN2O3/c29-26-17-24(23-9-5-2-6-10-23)13-16-27(26)34-20-28(32)31-30-18-21-11-14-25(15-12-21)33-19-22-7-3-1-4-8-22/h1-18H,19-20H2,(H,31,32)/b30-18+. The smallest absolute Gasteiger partial charge is 0.277 e. The van der Waals surface area contributed by atoms with Crippen molar-refractivity contribution in [3.05, 3.63) is 119 Å². The molecule has 34 heavy (non-hydrogen) atoms. The zero-order valence-electron chi connectivity index (χ0n) is 18.4. The Morgan fingerprint density at radius 1 is 0.824 bits per heavy atom. The van der Waals surface area contributed by atoms with Gasteiger partial charge in [0, 0.05) is 0 Å². The van der Waals surface area contributed by atoms with Crippen LogP contribution >= 0.6 is 15.9 Å². The predicted molar refractivity (Wildman–Crippen MR) is 138 cm³/mol. The van der Waals surface area contributed by atoms with Gasteiger partial charge in [-0.3, -0.25) is 4.79 Å². The van der Waals surface area contributed by atoms with Crippen LogP contribution in [0.5, 0.6) is 11.5 Å². The number of rotatable bonds is 9. The summed E-state index contributed by atoms with van der Waals surface area (Å²) >= 11 is 3.51. The Labute approximate surface area is 207 Å². The number of carbonyl (C=O) groups excluding carboxylic acids is 1. The molecule has 0 unspecified atom stereocenters. The molecule has 0 saturated heterocycles. The van der Waals surface area contributed by atoms with Crippen LogP contribution in [0.2, 0.25) is 0 Å². The topological polar surface area (TPSA) is 59.9 Å². The zero-order valence-corrected chi connectivity index (χ0v) is 19.9. The Kier molecular flexibility index (Phi) is 8.08. The fourth-order valence-electron chi connectivity index (χ4n) is 3.17. The first-order valence-electron chi connectivity index (χ1n) is 10.7. The SMILES string of the molecule is O=C(COc1ccc(-c2ccccc2)cc1Br)N/N=C/c1ccc(OCc2ccccc2)cc1. The van der Waals surface area contributed by atoms with Crippen molar-refractivity contribution in [1.29, 1.82) is 0 Å². The van der Waals surface area contributed by atoms with Gasteiger partial charge in [-0.2, -0.15) is 5.10 Å². The third kappa shape index (κ3) is 6.80. The average molecular weight is 515 g/mol. The molecule has 0 spiro atoms. The third-order valence-corrected chi connectivity index (χ3v) is 5.55. The molecule has 0 radical (unpaired) electrons. The van der Waals surface area contributed by atoms with Crippen molar-refractivity contribution < 1.29 is 14.3 Å². The van der Waals surface area contributed by atoms with Crippen molar-refractivity contribution in [2.75, 3.05) is 6.61 Å². The van der Waals surface area contributed by atoms with E-state index in [1.54, 1.807) is 6.21 Å². The number of benzene rings is 4. The minimum atomic E-state index is -0.349. The largest absolute Gasteiger partial charge is 0.489 e. The summed E-state index contributed by atoms with van der Waals surface area (Å²) in [7, 11) is 0. The number of ether oxygens (including phenoxy) is 2. The van der Waals surface area contributed by atoms with Gasteiger partial charge in [0.15, 0.2) is 6.61 Å². The molecule has 170 valence electrons. The molecule has 6 heteroatoms. The van der Waals surface area contributed by atoms with Gasteiger partial charge in [-0.25, -0.2) is 5.43 Å². The molecule has 1 amide bonds. The molecule has 0 heterocycles. The van der Waals surface area contributed by atoms with Gasteiger partial charge in [-0.05, 0) is 74.6 Å². The van der Waals surface area contributed by atoms with Crippen molar-refractivity contribution in [1.82, 2.24) is 5.43 Å². The van der Waals surface area contributed by atoms with Gasteiger partial charge < -0.3 is 9.47 Å². The molecule has 4 rings (SSSR count). The first-order valence-corrected chi connectivity index (χ1v) is 11.5. The highest BCUT2D eigenvalue weighted by Gasteiger charge is 2.07. The van der Waals surface area contributed by atoms with Gasteiger partial charge in [-0.1, -0.05) is 66.7 Å². The number of hydrogen-bond acceptors (Lipinski definition) is 4. The number of halogens is 1. The molecule has 0 fully saturated rings. The summed E-state index contributed by atoms with van der Waals surface area (Å²) in [4.78, 5) is 12.1. The van der Waals surface area contributed by atoms with Crippen LogP contribution in [-0.2, 0) is 11.4 Å². The summed E-state index contributed by atoms with van der Waals surface area (Å²) in [6, 6.07) is 33.3. The van der Waals surface area contributed by atoms with E-state index in [9.17, 15) is 4.79 Å². The van der Waals surface area contributed by atoms with Crippen molar-refractivity contribution in [2.24, 2.45) is 5.10 Å². The summed E-state index contributed by atoms with van der Waals surface area (Å²) < 4.78 is 12.2. The average Bonchev–Trinajstić information content (AvgIpc) is 2.88. The zero-order chi connectivity index (χ0) is 23.6.